The Bertz CT molecular complexity index is 911. The maximum absolute atomic E-state index is 12.9. The lowest BCUT2D eigenvalue weighted by Crippen LogP contribution is -2.49. The molecule has 1 heterocycles. The van der Waals surface area contributed by atoms with Crippen molar-refractivity contribution in [3.05, 3.63) is 66.2 Å². The highest BCUT2D eigenvalue weighted by Crippen LogP contribution is 2.27. The van der Waals surface area contributed by atoms with Gasteiger partial charge in [-0.05, 0) is 17.7 Å². The molecule has 1 fully saturated rings. The summed E-state index contributed by atoms with van der Waals surface area (Å²) in [5.41, 5.74) is 7.28. The maximum atomic E-state index is 12.9. The second-order valence-corrected chi connectivity index (χ2v) is 7.57. The molecule has 3 N–H and O–H groups in total. The molecule has 172 valence electrons. The molecule has 0 saturated carbocycles. The van der Waals surface area contributed by atoms with Crippen LogP contribution in [0.25, 0.3) is 0 Å². The van der Waals surface area contributed by atoms with Crippen LogP contribution in [0, 0.1) is 0 Å². The van der Waals surface area contributed by atoms with Gasteiger partial charge in [0.15, 0.2) is 12.2 Å². The zero-order valence-electron chi connectivity index (χ0n) is 18.1. The SMILES string of the molecule is CN(C)C(=O)[C@H](Cc1ccccc1)NC(=O)[C@H]1O[C@@H]1C(=O)N(CCN)c1ccccc1.Cl. The van der Waals surface area contributed by atoms with Crippen molar-refractivity contribution >= 4 is 35.8 Å². The molecule has 0 bridgehead atoms. The van der Waals surface area contributed by atoms with E-state index in [2.05, 4.69) is 5.32 Å². The van der Waals surface area contributed by atoms with Crippen molar-refractivity contribution in [2.24, 2.45) is 5.73 Å². The molecule has 0 radical (unpaired) electrons. The van der Waals surface area contributed by atoms with Crippen LogP contribution in [-0.4, -0.2) is 68.1 Å². The number of nitrogens with one attached hydrogen (secondary N) is 1. The number of hydrogen-bond acceptors (Lipinski definition) is 5. The molecule has 3 atom stereocenters. The number of epoxide rings is 1. The Morgan fingerprint density at radius 1 is 1.00 bits per heavy atom. The molecule has 1 aliphatic heterocycles. The summed E-state index contributed by atoms with van der Waals surface area (Å²) in [6.07, 6.45) is -1.47. The van der Waals surface area contributed by atoms with E-state index in [1.54, 1.807) is 26.2 Å². The number of carbonyl (C=O) groups is 3. The van der Waals surface area contributed by atoms with Gasteiger partial charge >= 0.3 is 0 Å². The number of carbonyl (C=O) groups excluding carboxylic acids is 3. The number of rotatable bonds is 9. The Morgan fingerprint density at radius 3 is 2.16 bits per heavy atom. The number of likely N-dealkylation sites (N-methyl/N-ethyl adjacent to an activating group) is 1. The fraction of sp³-hybridized carbons (Fsp3) is 0.348. The van der Waals surface area contributed by atoms with E-state index >= 15 is 0 Å². The van der Waals surface area contributed by atoms with Gasteiger partial charge in [-0.15, -0.1) is 12.4 Å². The van der Waals surface area contributed by atoms with Gasteiger partial charge < -0.3 is 25.6 Å². The predicted molar refractivity (Wildman–Crippen MR) is 125 cm³/mol. The van der Waals surface area contributed by atoms with Crippen LogP contribution in [0.5, 0.6) is 0 Å². The number of nitrogens with zero attached hydrogens (tertiary/aromatic N) is 2. The number of nitrogens with two attached hydrogens (primary N) is 1. The quantitative estimate of drug-likeness (QED) is 0.542. The minimum atomic E-state index is -0.926. The Hall–Kier alpha value is -2.94. The third-order valence-electron chi connectivity index (χ3n) is 5.02. The van der Waals surface area contributed by atoms with Gasteiger partial charge in [-0.3, -0.25) is 14.4 Å². The molecule has 0 spiro atoms. The van der Waals surface area contributed by atoms with Crippen molar-refractivity contribution in [2.45, 2.75) is 24.7 Å². The van der Waals surface area contributed by atoms with Gasteiger partial charge in [0.2, 0.25) is 5.91 Å². The molecule has 8 nitrogen and oxygen atoms in total. The number of halogens is 1. The number of benzene rings is 2. The van der Waals surface area contributed by atoms with Crippen molar-refractivity contribution < 1.29 is 19.1 Å². The second-order valence-electron chi connectivity index (χ2n) is 7.57. The summed E-state index contributed by atoms with van der Waals surface area (Å²) in [6.45, 7) is 0.591. The van der Waals surface area contributed by atoms with E-state index in [-0.39, 0.29) is 30.8 Å². The molecule has 1 saturated heterocycles. The Kier molecular flexibility index (Phi) is 9.19. The molecular formula is C23H29ClN4O4. The highest BCUT2D eigenvalue weighted by molar-refractivity contribution is 6.03. The predicted octanol–water partition coefficient (Wildman–Crippen LogP) is 0.983. The summed E-state index contributed by atoms with van der Waals surface area (Å²) in [6, 6.07) is 17.8. The Morgan fingerprint density at radius 2 is 1.59 bits per heavy atom. The van der Waals surface area contributed by atoms with Crippen molar-refractivity contribution in [2.75, 3.05) is 32.1 Å². The van der Waals surface area contributed by atoms with Gasteiger partial charge in [-0.1, -0.05) is 48.5 Å². The number of amides is 3. The van der Waals surface area contributed by atoms with Gasteiger partial charge in [-0.25, -0.2) is 0 Å². The molecule has 9 heteroatoms. The van der Waals surface area contributed by atoms with Gasteiger partial charge in [0, 0.05) is 39.3 Å². The molecule has 2 aromatic carbocycles. The summed E-state index contributed by atoms with van der Waals surface area (Å²) in [5.74, 6) is -1.03. The molecule has 0 unspecified atom stereocenters. The van der Waals surface area contributed by atoms with Crippen LogP contribution in [0.4, 0.5) is 5.69 Å². The number of hydrogen-bond donors (Lipinski definition) is 2. The first-order valence-electron chi connectivity index (χ1n) is 10.2. The zero-order valence-corrected chi connectivity index (χ0v) is 19.0. The second kappa shape index (κ2) is 11.6. The molecule has 1 aliphatic rings. The van der Waals surface area contributed by atoms with Gasteiger partial charge in [0.25, 0.3) is 11.8 Å². The first-order chi connectivity index (χ1) is 14.9. The molecule has 0 aliphatic carbocycles. The normalized spacial score (nSPS) is 17.5. The van der Waals surface area contributed by atoms with Crippen LogP contribution in [0.1, 0.15) is 5.56 Å². The summed E-state index contributed by atoms with van der Waals surface area (Å²) < 4.78 is 5.41. The lowest BCUT2D eigenvalue weighted by Gasteiger charge is -2.22. The van der Waals surface area contributed by atoms with Crippen molar-refractivity contribution in [1.29, 1.82) is 0 Å². The number of ether oxygens (including phenoxy) is 1. The average Bonchev–Trinajstić information content (AvgIpc) is 3.58. The monoisotopic (exact) mass is 460 g/mol. The Labute approximate surface area is 194 Å². The van der Waals surface area contributed by atoms with Crippen molar-refractivity contribution in [1.82, 2.24) is 10.2 Å². The van der Waals surface area contributed by atoms with Crippen LogP contribution in [-0.2, 0) is 25.5 Å². The molecule has 3 amide bonds. The van der Waals surface area contributed by atoms with Crippen LogP contribution >= 0.6 is 12.4 Å². The van der Waals surface area contributed by atoms with Gasteiger partial charge in [0.05, 0.1) is 0 Å². The molecule has 2 aromatic rings. The smallest absolute Gasteiger partial charge is 0.259 e. The molecule has 0 aromatic heterocycles. The topological polar surface area (TPSA) is 108 Å². The van der Waals surface area contributed by atoms with E-state index in [0.29, 0.717) is 18.7 Å². The number of para-hydroxylation sites is 1. The molecule has 3 rings (SSSR count). The van der Waals surface area contributed by atoms with E-state index < -0.39 is 24.2 Å². The minimum Gasteiger partial charge on any atom is -0.349 e. The highest BCUT2D eigenvalue weighted by Gasteiger charge is 2.52. The minimum absolute atomic E-state index is 0. The van der Waals surface area contributed by atoms with Crippen molar-refractivity contribution in [3.63, 3.8) is 0 Å². The fourth-order valence-corrected chi connectivity index (χ4v) is 3.37. The first kappa shape index (κ1) is 25.3. The maximum Gasteiger partial charge on any atom is 0.259 e. The molecular weight excluding hydrogens is 432 g/mol. The number of anilines is 1. The summed E-state index contributed by atoms with van der Waals surface area (Å²) in [5, 5.41) is 2.75. The van der Waals surface area contributed by atoms with E-state index in [1.165, 1.54) is 9.80 Å². The Balaban J connectivity index is 0.00000363. The van der Waals surface area contributed by atoms with E-state index in [4.69, 9.17) is 10.5 Å². The van der Waals surface area contributed by atoms with Gasteiger partial charge in [0.1, 0.15) is 6.04 Å². The summed E-state index contributed by atoms with van der Waals surface area (Å²) >= 11 is 0. The highest BCUT2D eigenvalue weighted by atomic mass is 35.5. The van der Waals surface area contributed by atoms with E-state index in [0.717, 1.165) is 5.56 Å². The standard InChI is InChI=1S/C23H28N4O4.ClH/c1-26(2)22(29)18(15-16-9-5-3-6-10-16)25-21(28)19-20(31-19)23(30)27(14-13-24)17-11-7-4-8-12-17;/h3-12,18-20H,13-15,24H2,1-2H3,(H,25,28);1H/t18-,19-,20-;/m0./s1. The van der Waals surface area contributed by atoms with Crippen LogP contribution in [0.2, 0.25) is 0 Å². The molecule has 32 heavy (non-hydrogen) atoms. The van der Waals surface area contributed by atoms with E-state index in [9.17, 15) is 14.4 Å². The van der Waals surface area contributed by atoms with Crippen molar-refractivity contribution in [3.8, 4) is 0 Å². The first-order valence-corrected chi connectivity index (χ1v) is 10.2. The van der Waals surface area contributed by atoms with E-state index in [1.807, 2.05) is 48.5 Å². The summed E-state index contributed by atoms with van der Waals surface area (Å²) in [4.78, 5) is 41.2. The third-order valence-corrected chi connectivity index (χ3v) is 5.02. The summed E-state index contributed by atoms with van der Waals surface area (Å²) in [7, 11) is 3.27. The van der Waals surface area contributed by atoms with Crippen LogP contribution in [0.15, 0.2) is 60.7 Å². The van der Waals surface area contributed by atoms with Crippen LogP contribution in [0.3, 0.4) is 0 Å². The largest absolute Gasteiger partial charge is 0.349 e. The lowest BCUT2D eigenvalue weighted by atomic mass is 10.0. The average molecular weight is 461 g/mol. The van der Waals surface area contributed by atoms with Crippen LogP contribution < -0.4 is 16.0 Å². The fourth-order valence-electron chi connectivity index (χ4n) is 3.37. The zero-order chi connectivity index (χ0) is 22.4. The third kappa shape index (κ3) is 6.29. The lowest BCUT2D eigenvalue weighted by molar-refractivity contribution is -0.134. The van der Waals surface area contributed by atoms with Gasteiger partial charge in [-0.2, -0.15) is 0 Å².